The summed E-state index contributed by atoms with van der Waals surface area (Å²) in [6, 6.07) is 3.58. The van der Waals surface area contributed by atoms with Crippen molar-refractivity contribution in [3.05, 3.63) is 17.7 Å². The number of alkyl halides is 3. The number of hydrogen-bond acceptors (Lipinski definition) is 3. The molecule has 2 N–H and O–H groups in total. The van der Waals surface area contributed by atoms with Gasteiger partial charge in [-0.3, -0.25) is 0 Å². The molecule has 1 aliphatic carbocycles. The van der Waals surface area contributed by atoms with Crippen molar-refractivity contribution in [1.82, 2.24) is 0 Å². The first-order chi connectivity index (χ1) is 9.93. The molecule has 124 valence electrons. The van der Waals surface area contributed by atoms with Gasteiger partial charge in [0.2, 0.25) is 0 Å². The Kier molecular flexibility index (Phi) is 5.00. The Morgan fingerprint density at radius 1 is 1.14 bits per heavy atom. The summed E-state index contributed by atoms with van der Waals surface area (Å²) in [4.78, 5) is 0. The molecule has 1 aromatic rings. The fourth-order valence-corrected chi connectivity index (χ4v) is 3.08. The molecule has 0 bridgehead atoms. The normalized spacial score (nSPS) is 24.1. The minimum Gasteiger partial charge on any atom is -0.491 e. The Labute approximate surface area is 133 Å². The first-order valence-corrected chi connectivity index (χ1v) is 7.22. The third-order valence-corrected chi connectivity index (χ3v) is 4.23. The van der Waals surface area contributed by atoms with Crippen LogP contribution in [0, 0.1) is 5.92 Å². The SMILES string of the molecule is Cl.Nc1cc(O[C@H]2CC[C@H](C(F)(F)F)CC2)cc2c1OCC2. The standard InChI is InChI=1S/C15H18F3NO2.ClH/c16-15(17,18)10-1-3-11(4-2-10)21-12-7-9-5-6-20-14(9)13(19)8-12;/h7-8,10-11H,1-6,19H2;1H/t10-,11-;. The lowest BCUT2D eigenvalue weighted by atomic mass is 9.87. The molecule has 1 aliphatic heterocycles. The van der Waals surface area contributed by atoms with Crippen LogP contribution in [0.25, 0.3) is 0 Å². The molecule has 0 aromatic heterocycles. The van der Waals surface area contributed by atoms with E-state index in [9.17, 15) is 13.2 Å². The third-order valence-electron chi connectivity index (χ3n) is 4.23. The van der Waals surface area contributed by atoms with E-state index in [0.29, 0.717) is 36.6 Å². The predicted molar refractivity (Wildman–Crippen MR) is 79.7 cm³/mol. The van der Waals surface area contributed by atoms with Gasteiger partial charge < -0.3 is 15.2 Å². The van der Waals surface area contributed by atoms with Crippen LogP contribution in [-0.2, 0) is 6.42 Å². The Hall–Kier alpha value is -1.30. The van der Waals surface area contributed by atoms with E-state index in [1.54, 1.807) is 6.07 Å². The number of rotatable bonds is 2. The minimum atomic E-state index is -4.08. The molecule has 22 heavy (non-hydrogen) atoms. The van der Waals surface area contributed by atoms with E-state index in [2.05, 4.69) is 0 Å². The number of halogens is 4. The van der Waals surface area contributed by atoms with Crippen LogP contribution < -0.4 is 15.2 Å². The Balaban J connectivity index is 0.00000176. The Morgan fingerprint density at radius 2 is 1.82 bits per heavy atom. The van der Waals surface area contributed by atoms with Crippen molar-refractivity contribution in [2.75, 3.05) is 12.3 Å². The van der Waals surface area contributed by atoms with E-state index < -0.39 is 12.1 Å². The molecule has 1 fully saturated rings. The molecular formula is C15H19ClF3NO2. The molecule has 0 unspecified atom stereocenters. The number of fused-ring (bicyclic) bond motifs is 1. The fourth-order valence-electron chi connectivity index (χ4n) is 3.08. The van der Waals surface area contributed by atoms with Crippen molar-refractivity contribution in [3.63, 3.8) is 0 Å². The number of hydrogen-bond donors (Lipinski definition) is 1. The summed E-state index contributed by atoms with van der Waals surface area (Å²) < 4.78 is 49.1. The average Bonchev–Trinajstić information content (AvgIpc) is 2.87. The topological polar surface area (TPSA) is 44.5 Å². The lowest BCUT2D eigenvalue weighted by Crippen LogP contribution is -2.31. The van der Waals surface area contributed by atoms with Crippen molar-refractivity contribution in [2.45, 2.75) is 44.4 Å². The molecule has 0 spiro atoms. The van der Waals surface area contributed by atoms with Gasteiger partial charge in [-0.2, -0.15) is 13.2 Å². The van der Waals surface area contributed by atoms with Gasteiger partial charge in [0.05, 0.1) is 24.3 Å². The van der Waals surface area contributed by atoms with Crippen molar-refractivity contribution in [2.24, 2.45) is 5.92 Å². The quantitative estimate of drug-likeness (QED) is 0.825. The molecular weight excluding hydrogens is 319 g/mol. The molecule has 7 heteroatoms. The molecule has 3 rings (SSSR count). The molecule has 2 aliphatic rings. The van der Waals surface area contributed by atoms with Crippen LogP contribution in [0.2, 0.25) is 0 Å². The summed E-state index contributed by atoms with van der Waals surface area (Å²) >= 11 is 0. The predicted octanol–water partition coefficient (Wildman–Crippen LogP) is 4.13. The zero-order valence-electron chi connectivity index (χ0n) is 12.0. The number of nitrogens with two attached hydrogens (primary N) is 1. The van der Waals surface area contributed by atoms with Crippen molar-refractivity contribution in [1.29, 1.82) is 0 Å². The zero-order chi connectivity index (χ0) is 15.0. The maximum atomic E-state index is 12.6. The summed E-state index contributed by atoms with van der Waals surface area (Å²) in [5.41, 5.74) is 7.44. The number of ether oxygens (including phenoxy) is 2. The van der Waals surface area contributed by atoms with Crippen LogP contribution in [0.1, 0.15) is 31.2 Å². The van der Waals surface area contributed by atoms with Gasteiger partial charge in [0.15, 0.2) is 0 Å². The third kappa shape index (κ3) is 3.54. The van der Waals surface area contributed by atoms with Crippen LogP contribution in [-0.4, -0.2) is 18.9 Å². The average molecular weight is 338 g/mol. The second-order valence-corrected chi connectivity index (χ2v) is 5.73. The molecule has 1 heterocycles. The van der Waals surface area contributed by atoms with Crippen molar-refractivity contribution >= 4 is 18.1 Å². The molecule has 3 nitrogen and oxygen atoms in total. The van der Waals surface area contributed by atoms with Crippen LogP contribution in [0.3, 0.4) is 0 Å². The maximum absolute atomic E-state index is 12.6. The highest BCUT2D eigenvalue weighted by atomic mass is 35.5. The van der Waals surface area contributed by atoms with Gasteiger partial charge in [-0.05, 0) is 31.7 Å². The molecule has 1 aromatic carbocycles. The summed E-state index contributed by atoms with van der Waals surface area (Å²) in [6.07, 6.45) is -2.33. The minimum absolute atomic E-state index is 0. The fraction of sp³-hybridized carbons (Fsp3) is 0.600. The van der Waals surface area contributed by atoms with Gasteiger partial charge in [-0.25, -0.2) is 0 Å². The molecule has 1 saturated carbocycles. The van der Waals surface area contributed by atoms with Gasteiger partial charge in [0.25, 0.3) is 0 Å². The largest absolute Gasteiger partial charge is 0.491 e. The lowest BCUT2D eigenvalue weighted by Gasteiger charge is -2.30. The van der Waals surface area contributed by atoms with Crippen LogP contribution in [0.15, 0.2) is 12.1 Å². The van der Waals surface area contributed by atoms with E-state index in [0.717, 1.165) is 12.0 Å². The summed E-state index contributed by atoms with van der Waals surface area (Å²) in [5, 5.41) is 0. The highest BCUT2D eigenvalue weighted by molar-refractivity contribution is 5.85. The van der Waals surface area contributed by atoms with Gasteiger partial charge in [0.1, 0.15) is 11.5 Å². The smallest absolute Gasteiger partial charge is 0.391 e. The van der Waals surface area contributed by atoms with E-state index in [-0.39, 0.29) is 31.4 Å². The second kappa shape index (κ2) is 6.44. The molecule has 0 radical (unpaired) electrons. The highest BCUT2D eigenvalue weighted by Crippen LogP contribution is 2.40. The van der Waals surface area contributed by atoms with Crippen LogP contribution >= 0.6 is 12.4 Å². The maximum Gasteiger partial charge on any atom is 0.391 e. The highest BCUT2D eigenvalue weighted by Gasteiger charge is 2.41. The second-order valence-electron chi connectivity index (χ2n) is 5.73. The monoisotopic (exact) mass is 337 g/mol. The lowest BCUT2D eigenvalue weighted by molar-refractivity contribution is -0.185. The van der Waals surface area contributed by atoms with Gasteiger partial charge in [0, 0.05) is 18.1 Å². The van der Waals surface area contributed by atoms with Crippen LogP contribution in [0.5, 0.6) is 11.5 Å². The van der Waals surface area contributed by atoms with E-state index in [1.807, 2.05) is 6.07 Å². The van der Waals surface area contributed by atoms with Gasteiger partial charge in [-0.1, -0.05) is 0 Å². The zero-order valence-corrected chi connectivity index (χ0v) is 12.8. The van der Waals surface area contributed by atoms with E-state index >= 15 is 0 Å². The summed E-state index contributed by atoms with van der Waals surface area (Å²) in [6.45, 7) is 0.611. The van der Waals surface area contributed by atoms with Crippen LogP contribution in [0.4, 0.5) is 18.9 Å². The van der Waals surface area contributed by atoms with Gasteiger partial charge in [-0.15, -0.1) is 12.4 Å². The summed E-state index contributed by atoms with van der Waals surface area (Å²) in [7, 11) is 0. The first-order valence-electron chi connectivity index (χ1n) is 7.22. The number of anilines is 1. The molecule has 0 saturated heterocycles. The Morgan fingerprint density at radius 3 is 2.45 bits per heavy atom. The molecule has 0 amide bonds. The first kappa shape index (κ1) is 17.1. The molecule has 0 atom stereocenters. The van der Waals surface area contributed by atoms with E-state index in [1.165, 1.54) is 0 Å². The number of nitrogen functional groups attached to an aromatic ring is 1. The number of benzene rings is 1. The van der Waals surface area contributed by atoms with E-state index in [4.69, 9.17) is 15.2 Å². The van der Waals surface area contributed by atoms with Gasteiger partial charge >= 0.3 is 6.18 Å². The van der Waals surface area contributed by atoms with Crippen molar-refractivity contribution < 1.29 is 22.6 Å². The summed E-state index contributed by atoms with van der Waals surface area (Å²) in [5.74, 6) is 0.158. The van der Waals surface area contributed by atoms with Crippen molar-refractivity contribution in [3.8, 4) is 11.5 Å². The Bertz CT molecular complexity index is 528.